The summed E-state index contributed by atoms with van der Waals surface area (Å²) < 4.78 is 10.3. The minimum absolute atomic E-state index is 0.214. The maximum atomic E-state index is 10.5. The molecular weight excluding hydrogens is 318 g/mol. The van der Waals surface area contributed by atoms with Crippen LogP contribution in [0.4, 0.5) is 0 Å². The lowest BCUT2D eigenvalue weighted by Gasteiger charge is -2.13. The molecule has 23 heavy (non-hydrogen) atoms. The minimum Gasteiger partial charge on any atom is -0.546 e. The van der Waals surface area contributed by atoms with E-state index in [4.69, 9.17) is 21.7 Å². The van der Waals surface area contributed by atoms with Crippen LogP contribution in [-0.2, 0) is 4.79 Å². The second kappa shape index (κ2) is 8.94. The average Bonchev–Trinajstić information content (AvgIpc) is 2.49. The van der Waals surface area contributed by atoms with Gasteiger partial charge in [0, 0.05) is 11.6 Å². The van der Waals surface area contributed by atoms with Crippen molar-refractivity contribution in [2.75, 3.05) is 13.7 Å². The number of nitrogens with one attached hydrogen (secondary N) is 2. The maximum Gasteiger partial charge on any atom is 0.187 e. The van der Waals surface area contributed by atoms with E-state index in [2.05, 4.69) is 15.8 Å². The number of thiocarbonyl (C=S) groups is 1. The summed E-state index contributed by atoms with van der Waals surface area (Å²) in [6, 6.07) is 5.27. The van der Waals surface area contributed by atoms with Gasteiger partial charge in [-0.15, -0.1) is 0 Å². The van der Waals surface area contributed by atoms with Crippen LogP contribution in [0, 0.1) is 0 Å². The molecule has 7 nitrogen and oxygen atoms in total. The molecular formula is C15H20N3O4S-. The summed E-state index contributed by atoms with van der Waals surface area (Å²) >= 11 is 5.09. The van der Waals surface area contributed by atoms with Gasteiger partial charge in [0.2, 0.25) is 0 Å². The van der Waals surface area contributed by atoms with Crippen molar-refractivity contribution in [2.45, 2.75) is 26.8 Å². The average molecular weight is 338 g/mol. The Balaban J connectivity index is 2.83. The van der Waals surface area contributed by atoms with Gasteiger partial charge in [-0.25, -0.2) is 0 Å². The van der Waals surface area contributed by atoms with E-state index >= 15 is 0 Å². The van der Waals surface area contributed by atoms with Crippen molar-refractivity contribution < 1.29 is 19.4 Å². The van der Waals surface area contributed by atoms with Crippen molar-refractivity contribution in [1.29, 1.82) is 0 Å². The molecule has 2 N–H and O–H groups in total. The Morgan fingerprint density at radius 3 is 2.65 bits per heavy atom. The summed E-state index contributed by atoms with van der Waals surface area (Å²) in [4.78, 5) is 10.5. The molecule has 0 saturated heterocycles. The van der Waals surface area contributed by atoms with E-state index in [1.165, 1.54) is 7.11 Å². The van der Waals surface area contributed by atoms with Gasteiger partial charge in [0.15, 0.2) is 16.6 Å². The molecule has 0 radical (unpaired) electrons. The second-order valence-corrected chi connectivity index (χ2v) is 5.37. The van der Waals surface area contributed by atoms with Crippen LogP contribution in [0.2, 0.25) is 0 Å². The van der Waals surface area contributed by atoms with Crippen LogP contribution in [0.5, 0.6) is 11.5 Å². The van der Waals surface area contributed by atoms with Gasteiger partial charge in [0.25, 0.3) is 0 Å². The molecule has 126 valence electrons. The third-order valence-corrected chi connectivity index (χ3v) is 2.88. The Kier molecular flexibility index (Phi) is 7.27. The first-order valence-electron chi connectivity index (χ1n) is 6.95. The number of ether oxygens (including phenoxy) is 2. The SMILES string of the molecule is COc1cc(/C(C)=N\NC(=S)NC(C)C)ccc1OCC(=O)[O-]. The maximum absolute atomic E-state index is 10.5. The van der Waals surface area contributed by atoms with Crippen LogP contribution in [0.15, 0.2) is 23.3 Å². The number of hydrogen-bond donors (Lipinski definition) is 2. The van der Waals surface area contributed by atoms with Crippen molar-refractivity contribution in [3.8, 4) is 11.5 Å². The van der Waals surface area contributed by atoms with Gasteiger partial charge in [-0.2, -0.15) is 5.10 Å². The van der Waals surface area contributed by atoms with Crippen molar-refractivity contribution in [3.63, 3.8) is 0 Å². The summed E-state index contributed by atoms with van der Waals surface area (Å²) in [6.45, 7) is 5.21. The molecule has 0 heterocycles. The molecule has 8 heteroatoms. The van der Waals surface area contributed by atoms with E-state index in [1.807, 2.05) is 20.8 Å². The highest BCUT2D eigenvalue weighted by Gasteiger charge is 2.08. The number of carbonyl (C=O) groups is 1. The highest BCUT2D eigenvalue weighted by Crippen LogP contribution is 2.28. The van der Waals surface area contributed by atoms with E-state index < -0.39 is 12.6 Å². The fourth-order valence-electron chi connectivity index (χ4n) is 1.64. The molecule has 0 aliphatic carbocycles. The van der Waals surface area contributed by atoms with Crippen LogP contribution in [0.3, 0.4) is 0 Å². The number of hydrazone groups is 1. The minimum atomic E-state index is -1.30. The van der Waals surface area contributed by atoms with Gasteiger partial charge >= 0.3 is 0 Å². The van der Waals surface area contributed by atoms with E-state index in [0.29, 0.717) is 22.3 Å². The number of aliphatic carboxylic acids is 1. The Bertz CT molecular complexity index is 602. The van der Waals surface area contributed by atoms with E-state index in [-0.39, 0.29) is 6.04 Å². The molecule has 1 aromatic rings. The topological polar surface area (TPSA) is 95.0 Å². The standard InChI is InChI=1S/C15H21N3O4S/c1-9(2)16-15(23)18-17-10(3)11-5-6-12(13(7-11)21-4)22-8-14(19)20/h5-7,9H,8H2,1-4H3,(H,19,20)(H2,16,18,23)/p-1/b17-10-. The molecule has 0 aliphatic rings. The normalized spacial score (nSPS) is 11.1. The fourth-order valence-corrected chi connectivity index (χ4v) is 1.92. The first-order valence-corrected chi connectivity index (χ1v) is 7.36. The van der Waals surface area contributed by atoms with E-state index in [9.17, 15) is 9.90 Å². The molecule has 0 saturated carbocycles. The van der Waals surface area contributed by atoms with Crippen molar-refractivity contribution in [3.05, 3.63) is 23.8 Å². The molecule has 0 fully saturated rings. The molecule has 0 unspecified atom stereocenters. The van der Waals surface area contributed by atoms with Crippen molar-refractivity contribution >= 4 is 29.0 Å². The van der Waals surface area contributed by atoms with Gasteiger partial charge in [-0.3, -0.25) is 5.43 Å². The number of carboxylic acid groups (broad SMARTS) is 1. The zero-order chi connectivity index (χ0) is 17.4. The van der Waals surface area contributed by atoms with Gasteiger partial charge in [0.1, 0.15) is 6.61 Å². The van der Waals surface area contributed by atoms with Crippen molar-refractivity contribution in [1.82, 2.24) is 10.7 Å². The molecule has 0 amide bonds. The van der Waals surface area contributed by atoms with Crippen LogP contribution in [-0.4, -0.2) is 36.6 Å². The van der Waals surface area contributed by atoms with Gasteiger partial charge in [0.05, 0.1) is 18.8 Å². The smallest absolute Gasteiger partial charge is 0.187 e. The highest BCUT2D eigenvalue weighted by molar-refractivity contribution is 7.80. The van der Waals surface area contributed by atoms with E-state index in [0.717, 1.165) is 5.56 Å². The highest BCUT2D eigenvalue weighted by atomic mass is 32.1. The number of methoxy groups -OCH3 is 1. The molecule has 0 bridgehead atoms. The number of nitrogens with zero attached hydrogens (tertiary/aromatic N) is 1. The molecule has 0 spiro atoms. The lowest BCUT2D eigenvalue weighted by Crippen LogP contribution is -2.37. The van der Waals surface area contributed by atoms with Crippen LogP contribution >= 0.6 is 12.2 Å². The largest absolute Gasteiger partial charge is 0.546 e. The van der Waals surface area contributed by atoms with Crippen LogP contribution < -0.4 is 25.3 Å². The third-order valence-electron chi connectivity index (χ3n) is 2.67. The summed E-state index contributed by atoms with van der Waals surface area (Å²) in [7, 11) is 1.47. The summed E-state index contributed by atoms with van der Waals surface area (Å²) in [5, 5.41) is 18.1. The number of benzene rings is 1. The van der Waals surface area contributed by atoms with Gasteiger partial charge in [-0.1, -0.05) is 0 Å². The number of hydrogen-bond acceptors (Lipinski definition) is 6. The van der Waals surface area contributed by atoms with Gasteiger partial charge < -0.3 is 24.7 Å². The quantitative estimate of drug-likeness (QED) is 0.423. The van der Waals surface area contributed by atoms with Gasteiger partial charge in [-0.05, 0) is 51.2 Å². The summed E-state index contributed by atoms with van der Waals surface area (Å²) in [6.07, 6.45) is 0. The molecule has 0 aromatic heterocycles. The summed E-state index contributed by atoms with van der Waals surface area (Å²) in [5.41, 5.74) is 4.22. The van der Waals surface area contributed by atoms with Crippen molar-refractivity contribution in [2.24, 2.45) is 5.10 Å². The zero-order valence-corrected chi connectivity index (χ0v) is 14.3. The number of carbonyl (C=O) groups excluding carboxylic acids is 1. The first-order chi connectivity index (χ1) is 10.8. The first kappa shape index (κ1) is 18.7. The lowest BCUT2D eigenvalue weighted by atomic mass is 10.1. The Morgan fingerprint density at radius 2 is 2.09 bits per heavy atom. The Labute approximate surface area is 140 Å². The molecule has 1 aromatic carbocycles. The molecule has 0 aliphatic heterocycles. The van der Waals surface area contributed by atoms with Crippen LogP contribution in [0.1, 0.15) is 26.3 Å². The lowest BCUT2D eigenvalue weighted by molar-refractivity contribution is -0.307. The Hall–Kier alpha value is -2.35. The fraction of sp³-hybridized carbons (Fsp3) is 0.400. The molecule has 1 rings (SSSR count). The number of rotatable bonds is 7. The predicted molar refractivity (Wildman–Crippen MR) is 89.7 cm³/mol. The Morgan fingerprint density at radius 1 is 1.39 bits per heavy atom. The summed E-state index contributed by atoms with van der Waals surface area (Å²) in [5.74, 6) is -0.580. The van der Waals surface area contributed by atoms with E-state index in [1.54, 1.807) is 18.2 Å². The predicted octanol–water partition coefficient (Wildman–Crippen LogP) is 0.420. The third kappa shape index (κ3) is 6.52. The zero-order valence-electron chi connectivity index (χ0n) is 13.5. The van der Waals surface area contributed by atoms with Crippen LogP contribution in [0.25, 0.3) is 0 Å². The number of carboxylic acids is 1. The monoisotopic (exact) mass is 338 g/mol. The molecule has 0 atom stereocenters. The second-order valence-electron chi connectivity index (χ2n) is 4.96.